The van der Waals surface area contributed by atoms with Crippen LogP contribution < -0.4 is 9.64 Å². The molecule has 5 rings (SSSR count). The van der Waals surface area contributed by atoms with Crippen LogP contribution in [-0.4, -0.2) is 58.4 Å². The predicted molar refractivity (Wildman–Crippen MR) is 127 cm³/mol. The summed E-state index contributed by atoms with van der Waals surface area (Å²) in [5.41, 5.74) is 3.38. The number of nitrogens with zero attached hydrogens (tertiary/aromatic N) is 5. The molecule has 2 aromatic carbocycles. The Morgan fingerprint density at radius 2 is 1.84 bits per heavy atom. The van der Waals surface area contributed by atoms with Gasteiger partial charge >= 0.3 is 0 Å². The molecular formula is C24H25N5O2S. The molecule has 2 aromatic heterocycles. The van der Waals surface area contributed by atoms with Crippen LogP contribution >= 0.6 is 11.3 Å². The van der Waals surface area contributed by atoms with Gasteiger partial charge in [-0.05, 0) is 38.1 Å². The summed E-state index contributed by atoms with van der Waals surface area (Å²) in [5, 5.41) is 5.43. The highest BCUT2D eigenvalue weighted by atomic mass is 32.1. The minimum atomic E-state index is 0.0345. The van der Waals surface area contributed by atoms with Gasteiger partial charge in [0, 0.05) is 26.2 Å². The molecule has 0 aliphatic carbocycles. The Morgan fingerprint density at radius 3 is 2.59 bits per heavy atom. The first-order valence-corrected chi connectivity index (χ1v) is 11.6. The number of rotatable bonds is 5. The molecule has 3 heterocycles. The zero-order chi connectivity index (χ0) is 22.1. The van der Waals surface area contributed by atoms with Crippen LogP contribution in [0.4, 0.5) is 5.13 Å². The summed E-state index contributed by atoms with van der Waals surface area (Å²) in [6, 6.07) is 15.9. The summed E-state index contributed by atoms with van der Waals surface area (Å²) in [6.45, 7) is 7.36. The van der Waals surface area contributed by atoms with Crippen LogP contribution in [0.15, 0.2) is 54.7 Å². The number of hydrogen-bond acceptors (Lipinski definition) is 6. The number of anilines is 1. The number of para-hydroxylation sites is 2. The van der Waals surface area contributed by atoms with Crippen LogP contribution in [0.2, 0.25) is 0 Å². The van der Waals surface area contributed by atoms with Crippen LogP contribution in [0.5, 0.6) is 5.75 Å². The third-order valence-corrected chi connectivity index (χ3v) is 6.83. The molecule has 32 heavy (non-hydrogen) atoms. The molecule has 7 nitrogen and oxygen atoms in total. The Labute approximate surface area is 190 Å². The fourth-order valence-corrected chi connectivity index (χ4v) is 5.07. The Hall–Kier alpha value is -3.39. The lowest BCUT2D eigenvalue weighted by molar-refractivity contribution is 0.0746. The van der Waals surface area contributed by atoms with Gasteiger partial charge in [0.1, 0.15) is 11.3 Å². The van der Waals surface area contributed by atoms with Crippen molar-refractivity contribution < 1.29 is 9.53 Å². The van der Waals surface area contributed by atoms with Gasteiger partial charge in [-0.15, -0.1) is 0 Å². The second-order valence-corrected chi connectivity index (χ2v) is 8.71. The van der Waals surface area contributed by atoms with E-state index in [1.54, 1.807) is 17.5 Å². The van der Waals surface area contributed by atoms with Gasteiger partial charge in [-0.1, -0.05) is 35.6 Å². The maximum atomic E-state index is 13.2. The third-order valence-electron chi connectivity index (χ3n) is 5.75. The molecule has 1 aliphatic rings. The second kappa shape index (κ2) is 8.63. The first kappa shape index (κ1) is 20.5. The van der Waals surface area contributed by atoms with Crippen molar-refractivity contribution in [1.82, 2.24) is 19.7 Å². The molecule has 0 unspecified atom stereocenters. The zero-order valence-corrected chi connectivity index (χ0v) is 19.0. The molecule has 4 aromatic rings. The summed E-state index contributed by atoms with van der Waals surface area (Å²) < 4.78 is 8.67. The molecule has 1 aliphatic heterocycles. The second-order valence-electron chi connectivity index (χ2n) is 7.70. The number of hydrogen-bond donors (Lipinski definition) is 0. The van der Waals surface area contributed by atoms with E-state index in [1.165, 1.54) is 0 Å². The van der Waals surface area contributed by atoms with Crippen molar-refractivity contribution >= 4 is 32.6 Å². The minimum Gasteiger partial charge on any atom is -0.492 e. The van der Waals surface area contributed by atoms with Gasteiger partial charge in [0.25, 0.3) is 5.91 Å². The molecular weight excluding hydrogens is 422 g/mol. The molecule has 0 saturated carbocycles. The fourth-order valence-electron chi connectivity index (χ4n) is 4.04. The maximum Gasteiger partial charge on any atom is 0.257 e. The molecule has 164 valence electrons. The molecule has 8 heteroatoms. The van der Waals surface area contributed by atoms with Crippen LogP contribution in [0, 0.1) is 6.92 Å². The van der Waals surface area contributed by atoms with E-state index in [-0.39, 0.29) is 5.91 Å². The average molecular weight is 448 g/mol. The lowest BCUT2D eigenvalue weighted by Gasteiger charge is -2.34. The highest BCUT2D eigenvalue weighted by Crippen LogP contribution is 2.34. The number of carbonyl (C=O) groups is 1. The van der Waals surface area contributed by atoms with Crippen LogP contribution in [0.25, 0.3) is 15.9 Å². The summed E-state index contributed by atoms with van der Waals surface area (Å²) >= 11 is 1.67. The van der Waals surface area contributed by atoms with Gasteiger partial charge in [0.05, 0.1) is 34.4 Å². The first-order valence-electron chi connectivity index (χ1n) is 10.8. The van der Waals surface area contributed by atoms with Gasteiger partial charge < -0.3 is 14.5 Å². The van der Waals surface area contributed by atoms with E-state index in [1.807, 2.05) is 65.9 Å². The average Bonchev–Trinajstić information content (AvgIpc) is 3.44. The van der Waals surface area contributed by atoms with E-state index in [2.05, 4.69) is 16.1 Å². The van der Waals surface area contributed by atoms with Gasteiger partial charge in [-0.25, -0.2) is 9.67 Å². The van der Waals surface area contributed by atoms with Gasteiger partial charge in [0.2, 0.25) is 0 Å². The highest BCUT2D eigenvalue weighted by molar-refractivity contribution is 7.22. The van der Waals surface area contributed by atoms with Crippen molar-refractivity contribution in [3.05, 3.63) is 66.0 Å². The third kappa shape index (κ3) is 3.71. The van der Waals surface area contributed by atoms with Crippen molar-refractivity contribution in [2.24, 2.45) is 0 Å². The Balaban J connectivity index is 1.29. The summed E-state index contributed by atoms with van der Waals surface area (Å²) in [7, 11) is 0. The van der Waals surface area contributed by atoms with E-state index >= 15 is 0 Å². The number of carbonyl (C=O) groups excluding carboxylic acids is 1. The fraction of sp³-hybridized carbons (Fsp3) is 0.292. The smallest absolute Gasteiger partial charge is 0.257 e. The van der Waals surface area contributed by atoms with Gasteiger partial charge in [-0.2, -0.15) is 5.10 Å². The predicted octanol–water partition coefficient (Wildman–Crippen LogP) is 4.15. The van der Waals surface area contributed by atoms with E-state index in [4.69, 9.17) is 9.72 Å². The number of ether oxygens (including phenoxy) is 1. The Morgan fingerprint density at radius 1 is 1.06 bits per heavy atom. The van der Waals surface area contributed by atoms with Crippen molar-refractivity contribution in [2.45, 2.75) is 13.8 Å². The number of aromatic nitrogens is 3. The molecule has 0 bridgehead atoms. The number of benzene rings is 2. The zero-order valence-electron chi connectivity index (χ0n) is 18.2. The van der Waals surface area contributed by atoms with Crippen LogP contribution in [0.1, 0.15) is 23.0 Å². The number of thiazole rings is 1. The van der Waals surface area contributed by atoms with E-state index < -0.39 is 0 Å². The molecule has 0 atom stereocenters. The van der Waals surface area contributed by atoms with Crippen molar-refractivity contribution in [3.8, 4) is 11.4 Å². The van der Waals surface area contributed by atoms with Crippen molar-refractivity contribution in [2.75, 3.05) is 37.7 Å². The van der Waals surface area contributed by atoms with Gasteiger partial charge in [-0.3, -0.25) is 4.79 Å². The van der Waals surface area contributed by atoms with Crippen molar-refractivity contribution in [1.29, 1.82) is 0 Å². The molecule has 0 radical (unpaired) electrons. The Kier molecular flexibility index (Phi) is 5.53. The number of piperazine rings is 1. The molecule has 1 fully saturated rings. The lowest BCUT2D eigenvalue weighted by atomic mass is 10.2. The van der Waals surface area contributed by atoms with Crippen LogP contribution in [0.3, 0.4) is 0 Å². The van der Waals surface area contributed by atoms with E-state index in [9.17, 15) is 4.79 Å². The quantitative estimate of drug-likeness (QED) is 0.460. The summed E-state index contributed by atoms with van der Waals surface area (Å²) in [6.07, 6.45) is 1.68. The first-order chi connectivity index (χ1) is 15.7. The SMILES string of the molecule is CCOc1cccc2sc(N3CCN(C(=O)c4cnn(-c5ccccc5)c4C)CC3)nc12. The molecule has 1 saturated heterocycles. The molecule has 0 spiro atoms. The molecule has 1 amide bonds. The minimum absolute atomic E-state index is 0.0345. The van der Waals surface area contributed by atoms with E-state index in [0.717, 1.165) is 45.6 Å². The summed E-state index contributed by atoms with van der Waals surface area (Å²) in [5.74, 6) is 0.861. The maximum absolute atomic E-state index is 13.2. The van der Waals surface area contributed by atoms with Crippen LogP contribution in [-0.2, 0) is 0 Å². The van der Waals surface area contributed by atoms with Gasteiger partial charge in [0.15, 0.2) is 5.13 Å². The monoisotopic (exact) mass is 447 g/mol. The number of amides is 1. The topological polar surface area (TPSA) is 63.5 Å². The standard InChI is InChI=1S/C24H25N5O2S/c1-3-31-20-10-7-11-21-22(20)26-24(32-21)28-14-12-27(13-15-28)23(30)19-16-25-29(17(19)2)18-8-5-4-6-9-18/h4-11,16H,3,12-15H2,1-2H3. The highest BCUT2D eigenvalue weighted by Gasteiger charge is 2.26. The largest absolute Gasteiger partial charge is 0.492 e. The molecule has 0 N–H and O–H groups in total. The van der Waals surface area contributed by atoms with Crippen molar-refractivity contribution in [3.63, 3.8) is 0 Å². The normalized spacial score (nSPS) is 14.2. The van der Waals surface area contributed by atoms with E-state index in [0.29, 0.717) is 25.3 Å². The Bertz CT molecular complexity index is 1240. The summed E-state index contributed by atoms with van der Waals surface area (Å²) in [4.78, 5) is 22.2. The number of fused-ring (bicyclic) bond motifs is 1. The lowest BCUT2D eigenvalue weighted by Crippen LogP contribution is -2.48.